The summed E-state index contributed by atoms with van der Waals surface area (Å²) in [6.45, 7) is 8.04. The minimum atomic E-state index is 0.819. The minimum absolute atomic E-state index is 0.819. The van der Waals surface area contributed by atoms with Gasteiger partial charge in [-0.3, -0.25) is 0 Å². The highest BCUT2D eigenvalue weighted by molar-refractivity contribution is 5.59. The fourth-order valence-corrected chi connectivity index (χ4v) is 0.935. The Balaban J connectivity index is 0.000000146. The highest BCUT2D eigenvalue weighted by atomic mass is 15.0. The summed E-state index contributed by atoms with van der Waals surface area (Å²) in [4.78, 5) is 3.81. The molecule has 2 rings (SSSR count). The Hall–Kier alpha value is -1.83. The summed E-state index contributed by atoms with van der Waals surface area (Å²) in [6, 6.07) is 10.0. The first kappa shape index (κ1) is 10.3. The Labute approximate surface area is 84.7 Å². The molecule has 1 aliphatic heterocycles. The summed E-state index contributed by atoms with van der Waals surface area (Å²) in [5.74, 6) is 0. The lowest BCUT2D eigenvalue weighted by atomic mass is 10.2. The number of hydrogen-bond acceptors (Lipinski definition) is 2. The van der Waals surface area contributed by atoms with Crippen molar-refractivity contribution in [1.82, 2.24) is 5.32 Å². The average molecular weight is 186 g/mol. The smallest absolute Gasteiger partial charge is 0.0886 e. The number of benzene rings is 1. The molecule has 0 radical (unpaired) electrons. The molecule has 0 saturated carbocycles. The van der Waals surface area contributed by atoms with E-state index in [9.17, 15) is 0 Å². The van der Waals surface area contributed by atoms with E-state index < -0.39 is 0 Å². The lowest BCUT2D eigenvalue weighted by Crippen LogP contribution is -2.03. The zero-order valence-electron chi connectivity index (χ0n) is 8.11. The molecule has 0 amide bonds. The van der Waals surface area contributed by atoms with Crippen molar-refractivity contribution >= 4 is 12.4 Å². The van der Waals surface area contributed by atoms with Crippen molar-refractivity contribution in [2.75, 3.05) is 6.54 Å². The van der Waals surface area contributed by atoms with Gasteiger partial charge >= 0.3 is 0 Å². The van der Waals surface area contributed by atoms with Gasteiger partial charge in [-0.2, -0.15) is 0 Å². The molecule has 1 heterocycles. The third-order valence-corrected chi connectivity index (χ3v) is 1.68. The van der Waals surface area contributed by atoms with Crippen LogP contribution in [-0.4, -0.2) is 12.9 Å². The van der Waals surface area contributed by atoms with Crippen molar-refractivity contribution in [2.24, 2.45) is 4.99 Å². The van der Waals surface area contributed by atoms with E-state index in [-0.39, 0.29) is 0 Å². The summed E-state index contributed by atoms with van der Waals surface area (Å²) in [7, 11) is 0. The molecule has 0 saturated heterocycles. The van der Waals surface area contributed by atoms with Crippen molar-refractivity contribution in [3.63, 3.8) is 0 Å². The molecular weight excluding hydrogens is 172 g/mol. The standard InChI is InChI=1S/C8H8.C4H6N2/c1-2-8-6-4-3-5-7-8;1-4-2-5-3-6-4/h2-7H,1H2;3H,1-2H2,(H,5,6). The van der Waals surface area contributed by atoms with Gasteiger partial charge in [0, 0.05) is 0 Å². The predicted octanol–water partition coefficient (Wildman–Crippen LogP) is 2.46. The monoisotopic (exact) mass is 186 g/mol. The van der Waals surface area contributed by atoms with Crippen molar-refractivity contribution < 1.29 is 0 Å². The van der Waals surface area contributed by atoms with Gasteiger partial charge in [-0.15, -0.1) is 0 Å². The van der Waals surface area contributed by atoms with E-state index in [0.29, 0.717) is 0 Å². The predicted molar refractivity (Wildman–Crippen MR) is 62.2 cm³/mol. The van der Waals surface area contributed by atoms with Crippen LogP contribution in [0.4, 0.5) is 0 Å². The van der Waals surface area contributed by atoms with Gasteiger partial charge in [-0.05, 0) is 5.56 Å². The fraction of sp³-hybridized carbons (Fsp3) is 0.0833. The van der Waals surface area contributed by atoms with Gasteiger partial charge in [0.05, 0.1) is 18.6 Å². The van der Waals surface area contributed by atoms with Crippen molar-refractivity contribution in [2.45, 2.75) is 0 Å². The normalized spacial score (nSPS) is 12.7. The van der Waals surface area contributed by atoms with Crippen molar-refractivity contribution in [3.05, 3.63) is 54.8 Å². The highest BCUT2D eigenvalue weighted by Gasteiger charge is 1.90. The van der Waals surface area contributed by atoms with Crippen LogP contribution in [0.3, 0.4) is 0 Å². The summed E-state index contributed by atoms with van der Waals surface area (Å²) in [6.07, 6.45) is 3.49. The van der Waals surface area contributed by atoms with E-state index in [1.165, 1.54) is 5.56 Å². The number of rotatable bonds is 1. The number of aliphatic imine (C=N–C) groups is 1. The molecule has 0 fully saturated rings. The fourth-order valence-electron chi connectivity index (χ4n) is 0.935. The first-order chi connectivity index (χ1) is 6.83. The van der Waals surface area contributed by atoms with Crippen LogP contribution in [0, 0.1) is 0 Å². The molecule has 0 bridgehead atoms. The third kappa shape index (κ3) is 3.72. The molecule has 0 unspecified atom stereocenters. The van der Waals surface area contributed by atoms with E-state index >= 15 is 0 Å². The topological polar surface area (TPSA) is 24.4 Å². The van der Waals surface area contributed by atoms with Crippen molar-refractivity contribution in [3.8, 4) is 0 Å². The van der Waals surface area contributed by atoms with Gasteiger partial charge in [0.1, 0.15) is 0 Å². The van der Waals surface area contributed by atoms with Crippen LogP contribution in [-0.2, 0) is 0 Å². The van der Waals surface area contributed by atoms with E-state index in [1.54, 1.807) is 6.34 Å². The van der Waals surface area contributed by atoms with Crippen LogP contribution in [0.5, 0.6) is 0 Å². The Kier molecular flexibility index (Phi) is 4.21. The number of nitrogens with one attached hydrogen (secondary N) is 1. The summed E-state index contributed by atoms with van der Waals surface area (Å²) >= 11 is 0. The van der Waals surface area contributed by atoms with Gasteiger partial charge < -0.3 is 5.32 Å². The first-order valence-electron chi connectivity index (χ1n) is 4.44. The Morgan fingerprint density at radius 3 is 2.29 bits per heavy atom. The molecular formula is C12H14N2. The maximum atomic E-state index is 3.81. The second-order valence-electron chi connectivity index (χ2n) is 2.82. The van der Waals surface area contributed by atoms with E-state index in [1.807, 2.05) is 36.4 Å². The second-order valence-corrected chi connectivity index (χ2v) is 2.82. The average Bonchev–Trinajstić information content (AvgIpc) is 2.71. The lowest BCUT2D eigenvalue weighted by molar-refractivity contribution is 1.06. The summed E-state index contributed by atoms with van der Waals surface area (Å²) < 4.78 is 0. The maximum absolute atomic E-state index is 3.81. The molecule has 1 aliphatic rings. The van der Waals surface area contributed by atoms with Crippen LogP contribution in [0.2, 0.25) is 0 Å². The van der Waals surface area contributed by atoms with Gasteiger partial charge in [0.15, 0.2) is 0 Å². The van der Waals surface area contributed by atoms with Gasteiger partial charge in [0.25, 0.3) is 0 Å². The lowest BCUT2D eigenvalue weighted by Gasteiger charge is -1.85. The zero-order valence-corrected chi connectivity index (χ0v) is 8.11. The maximum Gasteiger partial charge on any atom is 0.0886 e. The largest absolute Gasteiger partial charge is 0.370 e. The molecule has 0 spiro atoms. The summed E-state index contributed by atoms with van der Waals surface area (Å²) in [5.41, 5.74) is 2.09. The van der Waals surface area contributed by atoms with Crippen LogP contribution >= 0.6 is 0 Å². The van der Waals surface area contributed by atoms with Gasteiger partial charge in [-0.25, -0.2) is 4.99 Å². The molecule has 1 aromatic rings. The molecule has 1 N–H and O–H groups in total. The Bertz CT molecular complexity index is 325. The van der Waals surface area contributed by atoms with E-state index in [0.717, 1.165) is 12.2 Å². The Morgan fingerprint density at radius 2 is 2.00 bits per heavy atom. The molecule has 0 atom stereocenters. The zero-order chi connectivity index (χ0) is 10.2. The number of nitrogens with zero attached hydrogens (tertiary/aromatic N) is 1. The minimum Gasteiger partial charge on any atom is -0.370 e. The summed E-state index contributed by atoms with van der Waals surface area (Å²) in [5, 5.41) is 2.88. The molecule has 2 nitrogen and oxygen atoms in total. The second kappa shape index (κ2) is 5.75. The van der Waals surface area contributed by atoms with Crippen LogP contribution in [0.25, 0.3) is 6.08 Å². The molecule has 72 valence electrons. The van der Waals surface area contributed by atoms with E-state index in [2.05, 4.69) is 23.5 Å². The van der Waals surface area contributed by atoms with Gasteiger partial charge in [0.2, 0.25) is 0 Å². The third-order valence-electron chi connectivity index (χ3n) is 1.68. The molecule has 2 heteroatoms. The number of hydrogen-bond donors (Lipinski definition) is 1. The van der Waals surface area contributed by atoms with Gasteiger partial charge in [-0.1, -0.05) is 49.6 Å². The molecule has 0 aliphatic carbocycles. The SMILES string of the molecule is C=C1CNC=N1.C=Cc1ccccc1. The van der Waals surface area contributed by atoms with Crippen LogP contribution in [0.15, 0.2) is 54.2 Å². The van der Waals surface area contributed by atoms with Crippen LogP contribution < -0.4 is 5.32 Å². The van der Waals surface area contributed by atoms with Crippen molar-refractivity contribution in [1.29, 1.82) is 0 Å². The molecule has 0 aromatic heterocycles. The quantitative estimate of drug-likeness (QED) is 0.715. The first-order valence-corrected chi connectivity index (χ1v) is 4.44. The molecule has 14 heavy (non-hydrogen) atoms. The highest BCUT2D eigenvalue weighted by Crippen LogP contribution is 1.97. The van der Waals surface area contributed by atoms with E-state index in [4.69, 9.17) is 0 Å². The molecule has 1 aromatic carbocycles. The Morgan fingerprint density at radius 1 is 1.29 bits per heavy atom. The van der Waals surface area contributed by atoms with Crippen LogP contribution in [0.1, 0.15) is 5.56 Å².